The van der Waals surface area contributed by atoms with Gasteiger partial charge in [-0.15, -0.1) is 0 Å². The number of rotatable bonds is 6. The molecule has 0 aliphatic rings. The largest absolute Gasteiger partial charge is 0.433 e. The van der Waals surface area contributed by atoms with Crippen molar-refractivity contribution in [3.8, 4) is 5.75 Å². The molecule has 8 heteroatoms. The summed E-state index contributed by atoms with van der Waals surface area (Å²) in [7, 11) is 0. The Hall–Kier alpha value is -2.15. The van der Waals surface area contributed by atoms with Gasteiger partial charge in [0, 0.05) is 19.2 Å². The normalized spacial score (nSPS) is 10.8. The topological polar surface area (TPSA) is 56.2 Å². The predicted octanol–water partition coefficient (Wildman–Crippen LogP) is 3.48. The molecule has 2 rings (SSSR count). The van der Waals surface area contributed by atoms with E-state index in [9.17, 15) is 13.6 Å². The number of aryl methyl sites for hydroxylation is 2. The third kappa shape index (κ3) is 4.42. The van der Waals surface area contributed by atoms with Gasteiger partial charge in [-0.2, -0.15) is 13.9 Å². The van der Waals surface area contributed by atoms with Gasteiger partial charge in [-0.05, 0) is 19.1 Å². The molecule has 22 heavy (non-hydrogen) atoms. The molecule has 1 amide bonds. The maximum Gasteiger partial charge on any atom is 0.387 e. The minimum Gasteiger partial charge on any atom is -0.433 e. The first kappa shape index (κ1) is 16.2. The van der Waals surface area contributed by atoms with Gasteiger partial charge in [-0.25, -0.2) is 0 Å². The van der Waals surface area contributed by atoms with Gasteiger partial charge in [-0.1, -0.05) is 23.7 Å². The van der Waals surface area contributed by atoms with Crippen molar-refractivity contribution in [2.45, 2.75) is 26.5 Å². The van der Waals surface area contributed by atoms with Crippen LogP contribution in [-0.2, 0) is 11.3 Å². The molecule has 0 fully saturated rings. The van der Waals surface area contributed by atoms with E-state index in [4.69, 9.17) is 11.6 Å². The molecule has 5 nitrogen and oxygen atoms in total. The zero-order chi connectivity index (χ0) is 16.1. The third-order valence-corrected chi connectivity index (χ3v) is 3.20. The molecule has 1 N–H and O–H groups in total. The summed E-state index contributed by atoms with van der Waals surface area (Å²) in [6, 6.07) is 6.01. The summed E-state index contributed by atoms with van der Waals surface area (Å²) in [4.78, 5) is 11.9. The fraction of sp³-hybridized carbons (Fsp3) is 0.286. The standard InChI is InChI=1S/C14H14ClF2N3O2/c1-9-10(15)8-20(19-9)7-6-13(21)18-11-4-2-3-5-12(11)22-14(16)17/h2-5,8,14H,6-7H2,1H3,(H,18,21). The zero-order valence-corrected chi connectivity index (χ0v) is 12.5. The van der Waals surface area contributed by atoms with Gasteiger partial charge in [0.15, 0.2) is 0 Å². The smallest absolute Gasteiger partial charge is 0.387 e. The Balaban J connectivity index is 1.94. The second-order valence-electron chi connectivity index (χ2n) is 4.50. The lowest BCUT2D eigenvalue weighted by Gasteiger charge is -2.11. The van der Waals surface area contributed by atoms with Gasteiger partial charge in [0.1, 0.15) is 5.75 Å². The van der Waals surface area contributed by atoms with Gasteiger partial charge in [0.2, 0.25) is 5.91 Å². The van der Waals surface area contributed by atoms with Crippen molar-refractivity contribution in [1.82, 2.24) is 9.78 Å². The molecule has 1 aromatic carbocycles. The van der Waals surface area contributed by atoms with E-state index >= 15 is 0 Å². The molecular weight excluding hydrogens is 316 g/mol. The minimum absolute atomic E-state index is 0.0798. The van der Waals surface area contributed by atoms with Crippen LogP contribution in [0.2, 0.25) is 5.02 Å². The van der Waals surface area contributed by atoms with Crippen molar-refractivity contribution in [3.05, 3.63) is 41.2 Å². The fourth-order valence-corrected chi connectivity index (χ4v) is 1.96. The van der Waals surface area contributed by atoms with E-state index in [-0.39, 0.29) is 23.8 Å². The first-order chi connectivity index (χ1) is 10.5. The van der Waals surface area contributed by atoms with Crippen molar-refractivity contribution >= 4 is 23.2 Å². The van der Waals surface area contributed by atoms with Crippen molar-refractivity contribution in [2.75, 3.05) is 5.32 Å². The Morgan fingerprint density at radius 1 is 1.45 bits per heavy atom. The summed E-state index contributed by atoms with van der Waals surface area (Å²) < 4.78 is 30.5. The number of alkyl halides is 2. The molecule has 0 radical (unpaired) electrons. The van der Waals surface area contributed by atoms with Crippen molar-refractivity contribution < 1.29 is 18.3 Å². The number of hydrogen-bond acceptors (Lipinski definition) is 3. The number of nitrogens with zero attached hydrogens (tertiary/aromatic N) is 2. The quantitative estimate of drug-likeness (QED) is 0.882. The number of hydrogen-bond donors (Lipinski definition) is 1. The number of carbonyl (C=O) groups excluding carboxylic acids is 1. The highest BCUT2D eigenvalue weighted by molar-refractivity contribution is 6.31. The monoisotopic (exact) mass is 329 g/mol. The Morgan fingerprint density at radius 2 is 2.18 bits per heavy atom. The first-order valence-electron chi connectivity index (χ1n) is 6.49. The van der Waals surface area contributed by atoms with E-state index in [1.807, 2.05) is 0 Å². The number of nitrogens with one attached hydrogen (secondary N) is 1. The Morgan fingerprint density at radius 3 is 2.82 bits per heavy atom. The van der Waals surface area contributed by atoms with Gasteiger partial charge in [-0.3, -0.25) is 9.48 Å². The molecule has 118 valence electrons. The SMILES string of the molecule is Cc1nn(CCC(=O)Nc2ccccc2OC(F)F)cc1Cl. The highest BCUT2D eigenvalue weighted by atomic mass is 35.5. The number of carbonyl (C=O) groups is 1. The van der Waals surface area contributed by atoms with Crippen LogP contribution in [0.15, 0.2) is 30.5 Å². The summed E-state index contributed by atoms with van der Waals surface area (Å²) in [5, 5.41) is 7.19. The number of benzene rings is 1. The van der Waals surface area contributed by atoms with Crippen molar-refractivity contribution in [3.63, 3.8) is 0 Å². The van der Waals surface area contributed by atoms with Gasteiger partial charge < -0.3 is 10.1 Å². The number of aromatic nitrogens is 2. The second kappa shape index (κ2) is 7.22. The third-order valence-electron chi connectivity index (χ3n) is 2.83. The van der Waals surface area contributed by atoms with E-state index in [2.05, 4.69) is 15.2 Å². The van der Waals surface area contributed by atoms with Crippen LogP contribution in [-0.4, -0.2) is 22.3 Å². The molecule has 0 bridgehead atoms. The van der Waals surface area contributed by atoms with E-state index in [0.29, 0.717) is 17.3 Å². The molecule has 0 aliphatic carbocycles. The van der Waals surface area contributed by atoms with Gasteiger partial charge in [0.25, 0.3) is 0 Å². The van der Waals surface area contributed by atoms with Crippen LogP contribution < -0.4 is 10.1 Å². The minimum atomic E-state index is -2.95. The molecule has 0 saturated carbocycles. The zero-order valence-electron chi connectivity index (χ0n) is 11.7. The van der Waals surface area contributed by atoms with E-state index < -0.39 is 6.61 Å². The molecule has 0 aliphatic heterocycles. The lowest BCUT2D eigenvalue weighted by atomic mass is 10.3. The summed E-state index contributed by atoms with van der Waals surface area (Å²) in [6.07, 6.45) is 1.75. The highest BCUT2D eigenvalue weighted by Crippen LogP contribution is 2.25. The first-order valence-corrected chi connectivity index (χ1v) is 6.86. The molecule has 0 unspecified atom stereocenters. The molecule has 0 spiro atoms. The molecule has 1 aromatic heterocycles. The lowest BCUT2D eigenvalue weighted by Crippen LogP contribution is -2.16. The fourth-order valence-electron chi connectivity index (χ4n) is 1.81. The number of para-hydroxylation sites is 2. The molecule has 2 aromatic rings. The van der Waals surface area contributed by atoms with E-state index in [1.165, 1.54) is 12.1 Å². The second-order valence-corrected chi connectivity index (χ2v) is 4.91. The maximum absolute atomic E-state index is 12.3. The van der Waals surface area contributed by atoms with Crippen LogP contribution in [0.3, 0.4) is 0 Å². The van der Waals surface area contributed by atoms with Crippen LogP contribution in [0.4, 0.5) is 14.5 Å². The highest BCUT2D eigenvalue weighted by Gasteiger charge is 2.12. The van der Waals surface area contributed by atoms with E-state index in [0.717, 1.165) is 0 Å². The molecule has 1 heterocycles. The number of amides is 1. The van der Waals surface area contributed by atoms with Crippen LogP contribution in [0.25, 0.3) is 0 Å². The Labute approximate surface area is 130 Å². The average molecular weight is 330 g/mol. The van der Waals surface area contributed by atoms with Crippen LogP contribution in [0, 0.1) is 6.92 Å². The maximum atomic E-state index is 12.3. The molecular formula is C14H14ClF2N3O2. The Kier molecular flexibility index (Phi) is 5.32. The van der Waals surface area contributed by atoms with Crippen molar-refractivity contribution in [1.29, 1.82) is 0 Å². The van der Waals surface area contributed by atoms with Crippen LogP contribution in [0.1, 0.15) is 12.1 Å². The number of halogens is 3. The van der Waals surface area contributed by atoms with Crippen LogP contribution in [0.5, 0.6) is 5.75 Å². The summed E-state index contributed by atoms with van der Waals surface area (Å²) in [5.74, 6) is -0.418. The summed E-state index contributed by atoms with van der Waals surface area (Å²) in [5.41, 5.74) is 0.875. The summed E-state index contributed by atoms with van der Waals surface area (Å²) in [6.45, 7) is -0.860. The van der Waals surface area contributed by atoms with Gasteiger partial charge in [0.05, 0.1) is 16.4 Å². The summed E-state index contributed by atoms with van der Waals surface area (Å²) >= 11 is 5.87. The predicted molar refractivity (Wildman–Crippen MR) is 78.3 cm³/mol. The lowest BCUT2D eigenvalue weighted by molar-refractivity contribution is -0.116. The molecule has 0 saturated heterocycles. The van der Waals surface area contributed by atoms with Gasteiger partial charge >= 0.3 is 6.61 Å². The van der Waals surface area contributed by atoms with E-state index in [1.54, 1.807) is 29.9 Å². The number of anilines is 1. The average Bonchev–Trinajstić information content (AvgIpc) is 2.77. The van der Waals surface area contributed by atoms with Crippen LogP contribution >= 0.6 is 11.6 Å². The number of ether oxygens (including phenoxy) is 1. The molecule has 0 atom stereocenters. The Bertz CT molecular complexity index is 642. The van der Waals surface area contributed by atoms with Crippen molar-refractivity contribution in [2.24, 2.45) is 0 Å².